The van der Waals surface area contributed by atoms with Gasteiger partial charge in [-0.15, -0.1) is 0 Å². The van der Waals surface area contributed by atoms with Crippen LogP contribution < -0.4 is 0 Å². The van der Waals surface area contributed by atoms with E-state index in [1.54, 1.807) is 18.5 Å². The fourth-order valence-corrected chi connectivity index (χ4v) is 2.85. The van der Waals surface area contributed by atoms with Gasteiger partial charge in [0.15, 0.2) is 0 Å². The highest BCUT2D eigenvalue weighted by Gasteiger charge is 2.24. The van der Waals surface area contributed by atoms with Crippen LogP contribution in [0.5, 0.6) is 0 Å². The number of hydrogen-bond donors (Lipinski definition) is 1. The van der Waals surface area contributed by atoms with Crippen molar-refractivity contribution in [2.45, 2.75) is 44.9 Å². The van der Waals surface area contributed by atoms with Crippen molar-refractivity contribution in [3.8, 4) is 11.1 Å². The van der Waals surface area contributed by atoms with Gasteiger partial charge in [0.05, 0.1) is 35.7 Å². The molecule has 0 spiro atoms. The summed E-state index contributed by atoms with van der Waals surface area (Å²) < 4.78 is 4.05. The van der Waals surface area contributed by atoms with Crippen molar-refractivity contribution >= 4 is 11.0 Å². The molecule has 0 bridgehead atoms. The van der Waals surface area contributed by atoms with Gasteiger partial charge in [-0.3, -0.25) is 4.68 Å². The Hall–Kier alpha value is -2.14. The van der Waals surface area contributed by atoms with Crippen molar-refractivity contribution in [3.05, 3.63) is 36.9 Å². The molecular formula is C17H20N4O. The van der Waals surface area contributed by atoms with Crippen molar-refractivity contribution in [1.29, 1.82) is 0 Å². The lowest BCUT2D eigenvalue weighted by Gasteiger charge is -2.16. The summed E-state index contributed by atoms with van der Waals surface area (Å²) in [6.07, 6.45) is 8.28. The molecule has 1 fully saturated rings. The van der Waals surface area contributed by atoms with E-state index in [4.69, 9.17) is 0 Å². The molecule has 114 valence electrons. The van der Waals surface area contributed by atoms with Gasteiger partial charge >= 0.3 is 0 Å². The maximum Gasteiger partial charge on any atom is 0.0960 e. The van der Waals surface area contributed by atoms with Gasteiger partial charge in [0, 0.05) is 17.8 Å². The third-order valence-electron chi connectivity index (χ3n) is 4.03. The number of fused-ring (bicyclic) bond motifs is 1. The molecule has 0 amide bonds. The Kier molecular flexibility index (Phi) is 2.87. The van der Waals surface area contributed by atoms with Crippen molar-refractivity contribution in [2.24, 2.45) is 0 Å². The van der Waals surface area contributed by atoms with Crippen LogP contribution in [0.2, 0.25) is 0 Å². The highest BCUT2D eigenvalue weighted by Crippen LogP contribution is 2.37. The molecule has 4 rings (SSSR count). The number of aromatic nitrogens is 4. The first-order valence-corrected chi connectivity index (χ1v) is 7.71. The minimum Gasteiger partial charge on any atom is -0.389 e. The normalized spacial score (nSPS) is 15.6. The van der Waals surface area contributed by atoms with Crippen LogP contribution in [0.15, 0.2) is 36.9 Å². The van der Waals surface area contributed by atoms with Crippen LogP contribution in [0, 0.1) is 0 Å². The number of hydrogen-bond acceptors (Lipinski definition) is 3. The van der Waals surface area contributed by atoms with E-state index >= 15 is 0 Å². The van der Waals surface area contributed by atoms with Crippen LogP contribution in [0.25, 0.3) is 22.2 Å². The zero-order valence-corrected chi connectivity index (χ0v) is 12.9. The van der Waals surface area contributed by atoms with Crippen LogP contribution in [0.3, 0.4) is 0 Å². The van der Waals surface area contributed by atoms with Gasteiger partial charge in [0.25, 0.3) is 0 Å². The van der Waals surface area contributed by atoms with Crippen LogP contribution in [0.4, 0.5) is 0 Å². The van der Waals surface area contributed by atoms with E-state index in [2.05, 4.69) is 32.8 Å². The topological polar surface area (TPSA) is 55.9 Å². The first kappa shape index (κ1) is 13.5. The third-order valence-corrected chi connectivity index (χ3v) is 4.03. The van der Waals surface area contributed by atoms with E-state index in [-0.39, 0.29) is 0 Å². The van der Waals surface area contributed by atoms with Crippen molar-refractivity contribution in [2.75, 3.05) is 0 Å². The van der Waals surface area contributed by atoms with Crippen LogP contribution >= 0.6 is 0 Å². The lowest BCUT2D eigenvalue weighted by atomic mass is 10.1. The van der Waals surface area contributed by atoms with Crippen molar-refractivity contribution in [1.82, 2.24) is 19.3 Å². The second-order valence-electron chi connectivity index (χ2n) is 6.83. The van der Waals surface area contributed by atoms with Gasteiger partial charge in [0.2, 0.25) is 0 Å². The van der Waals surface area contributed by atoms with E-state index in [1.807, 2.05) is 18.7 Å². The molecule has 1 aliphatic carbocycles. The van der Waals surface area contributed by atoms with Crippen LogP contribution in [0.1, 0.15) is 32.7 Å². The molecule has 1 aromatic carbocycles. The Labute approximate surface area is 129 Å². The van der Waals surface area contributed by atoms with Gasteiger partial charge in [-0.05, 0) is 44.4 Å². The monoisotopic (exact) mass is 296 g/mol. The van der Waals surface area contributed by atoms with E-state index in [0.29, 0.717) is 12.6 Å². The van der Waals surface area contributed by atoms with E-state index < -0.39 is 5.60 Å². The zero-order chi connectivity index (χ0) is 15.3. The lowest BCUT2D eigenvalue weighted by molar-refractivity contribution is 0.0577. The van der Waals surface area contributed by atoms with Gasteiger partial charge in [-0.1, -0.05) is 6.07 Å². The third kappa shape index (κ3) is 2.52. The maximum absolute atomic E-state index is 9.88. The first-order valence-electron chi connectivity index (χ1n) is 7.71. The molecule has 0 aliphatic heterocycles. The summed E-state index contributed by atoms with van der Waals surface area (Å²) >= 11 is 0. The van der Waals surface area contributed by atoms with Gasteiger partial charge in [-0.25, -0.2) is 4.98 Å². The Balaban J connectivity index is 1.66. The summed E-state index contributed by atoms with van der Waals surface area (Å²) in [5.74, 6) is 0. The van der Waals surface area contributed by atoms with E-state index in [9.17, 15) is 5.11 Å². The Morgan fingerprint density at radius 3 is 2.82 bits per heavy atom. The average molecular weight is 296 g/mol. The molecule has 0 unspecified atom stereocenters. The van der Waals surface area contributed by atoms with E-state index in [1.165, 1.54) is 18.4 Å². The predicted molar refractivity (Wildman–Crippen MR) is 85.5 cm³/mol. The van der Waals surface area contributed by atoms with Crippen LogP contribution in [-0.2, 0) is 6.54 Å². The largest absolute Gasteiger partial charge is 0.389 e. The van der Waals surface area contributed by atoms with Crippen molar-refractivity contribution in [3.63, 3.8) is 0 Å². The molecule has 2 heterocycles. The summed E-state index contributed by atoms with van der Waals surface area (Å²) in [6.45, 7) is 4.04. The molecule has 3 aromatic rings. The molecule has 0 saturated heterocycles. The molecule has 1 saturated carbocycles. The minimum atomic E-state index is -0.768. The van der Waals surface area contributed by atoms with Crippen molar-refractivity contribution < 1.29 is 5.11 Å². The molecule has 1 aliphatic rings. The second kappa shape index (κ2) is 4.68. The highest BCUT2D eigenvalue weighted by molar-refractivity contribution is 5.82. The second-order valence-corrected chi connectivity index (χ2v) is 6.83. The molecule has 1 N–H and O–H groups in total. The lowest BCUT2D eigenvalue weighted by Crippen LogP contribution is -2.26. The first-order chi connectivity index (χ1) is 10.5. The number of aliphatic hydroxyl groups is 1. The summed E-state index contributed by atoms with van der Waals surface area (Å²) in [5.41, 5.74) is 3.62. The molecule has 0 radical (unpaired) electrons. The average Bonchev–Trinajstić information content (AvgIpc) is 3.04. The highest BCUT2D eigenvalue weighted by atomic mass is 16.3. The number of benzene rings is 1. The molecule has 0 atom stereocenters. The molecule has 2 aromatic heterocycles. The maximum atomic E-state index is 9.88. The fraction of sp³-hybridized carbons (Fsp3) is 0.412. The molecule has 22 heavy (non-hydrogen) atoms. The summed E-state index contributed by atoms with van der Waals surface area (Å²) in [7, 11) is 0. The minimum absolute atomic E-state index is 0.478. The smallest absolute Gasteiger partial charge is 0.0960 e. The number of imidazole rings is 1. The Morgan fingerprint density at radius 2 is 2.09 bits per heavy atom. The van der Waals surface area contributed by atoms with Gasteiger partial charge in [-0.2, -0.15) is 5.10 Å². The Morgan fingerprint density at radius 1 is 1.27 bits per heavy atom. The summed E-state index contributed by atoms with van der Waals surface area (Å²) in [5, 5.41) is 14.2. The van der Waals surface area contributed by atoms with E-state index in [0.717, 1.165) is 16.6 Å². The van der Waals surface area contributed by atoms with Gasteiger partial charge < -0.3 is 9.67 Å². The standard InChI is InChI=1S/C17H20N4O/c1-17(2,22)10-20-9-13(8-19-20)12-3-6-16-15(7-12)18-11-21(16)14-4-5-14/h3,6-9,11,14,22H,4-5,10H2,1-2H3. The zero-order valence-electron chi connectivity index (χ0n) is 12.9. The summed E-state index contributed by atoms with van der Waals surface area (Å²) in [6, 6.07) is 7.02. The van der Waals surface area contributed by atoms with Crippen LogP contribution in [-0.4, -0.2) is 30.0 Å². The molecule has 5 heteroatoms. The fourth-order valence-electron chi connectivity index (χ4n) is 2.85. The predicted octanol–water partition coefficient (Wildman–Crippen LogP) is 3.01. The van der Waals surface area contributed by atoms with Gasteiger partial charge in [0.1, 0.15) is 0 Å². The Bertz CT molecular complexity index is 821. The SMILES string of the molecule is CC(C)(O)Cn1cc(-c2ccc3c(c2)ncn3C2CC2)cn1. The number of nitrogens with zero attached hydrogens (tertiary/aromatic N) is 4. The quantitative estimate of drug-likeness (QED) is 0.805. The summed E-state index contributed by atoms with van der Waals surface area (Å²) in [4.78, 5) is 4.53. The molecule has 5 nitrogen and oxygen atoms in total. The number of rotatable bonds is 4. The molecular weight excluding hydrogens is 276 g/mol.